The molecule has 32 heavy (non-hydrogen) atoms. The summed E-state index contributed by atoms with van der Waals surface area (Å²) in [6.07, 6.45) is -9.86. The Bertz CT molecular complexity index is 1220. The van der Waals surface area contributed by atoms with E-state index in [2.05, 4.69) is 20.5 Å². The third-order valence-electron chi connectivity index (χ3n) is 4.35. The lowest BCUT2D eigenvalue weighted by Crippen LogP contribution is -2.11. The minimum absolute atomic E-state index is 0.00376. The van der Waals surface area contributed by atoms with Gasteiger partial charge < -0.3 is 0 Å². The maximum atomic E-state index is 13.1. The molecule has 0 aliphatic carbocycles. The summed E-state index contributed by atoms with van der Waals surface area (Å²) in [5.74, 6) is 0. The lowest BCUT2D eigenvalue weighted by Gasteiger charge is -2.13. The SMILES string of the molecule is Cc1cc(-n2nnnc2Sc2nc(-c3cc(C(F)(F)F)cc(C(F)(F)F)c3)cs2)sc1C. The minimum Gasteiger partial charge on any atom is -0.229 e. The molecule has 0 aliphatic heterocycles. The van der Waals surface area contributed by atoms with E-state index in [0.29, 0.717) is 21.6 Å². The molecule has 0 amide bonds. The molecule has 3 aromatic heterocycles. The fourth-order valence-electron chi connectivity index (χ4n) is 2.66. The monoisotopic (exact) mass is 507 g/mol. The van der Waals surface area contributed by atoms with Crippen LogP contribution in [0.4, 0.5) is 26.3 Å². The van der Waals surface area contributed by atoms with Crippen molar-refractivity contribution in [3.8, 4) is 16.3 Å². The number of nitrogens with zero attached hydrogens (tertiary/aromatic N) is 5. The van der Waals surface area contributed by atoms with Gasteiger partial charge in [0.2, 0.25) is 5.16 Å². The van der Waals surface area contributed by atoms with Crippen LogP contribution in [0, 0.1) is 13.8 Å². The van der Waals surface area contributed by atoms with E-state index in [4.69, 9.17) is 0 Å². The van der Waals surface area contributed by atoms with Gasteiger partial charge in [0.05, 0.1) is 16.8 Å². The van der Waals surface area contributed by atoms with E-state index in [9.17, 15) is 26.3 Å². The fourth-order valence-corrected chi connectivity index (χ4v) is 5.40. The van der Waals surface area contributed by atoms with Gasteiger partial charge >= 0.3 is 12.4 Å². The topological polar surface area (TPSA) is 56.5 Å². The highest BCUT2D eigenvalue weighted by molar-refractivity contribution is 8.00. The maximum absolute atomic E-state index is 13.1. The van der Waals surface area contributed by atoms with Crippen molar-refractivity contribution in [3.05, 3.63) is 51.2 Å². The van der Waals surface area contributed by atoms with Gasteiger partial charge in [-0.15, -0.1) is 27.8 Å². The van der Waals surface area contributed by atoms with Crippen molar-refractivity contribution in [1.29, 1.82) is 0 Å². The van der Waals surface area contributed by atoms with Gasteiger partial charge in [-0.25, -0.2) is 4.98 Å². The second-order valence-corrected chi connectivity index (χ2v) is 9.90. The molecular weight excluding hydrogens is 496 g/mol. The van der Waals surface area contributed by atoms with Crippen LogP contribution in [-0.4, -0.2) is 25.2 Å². The largest absolute Gasteiger partial charge is 0.416 e. The number of tetrazole rings is 1. The van der Waals surface area contributed by atoms with Crippen LogP contribution in [0.25, 0.3) is 16.3 Å². The highest BCUT2D eigenvalue weighted by atomic mass is 32.2. The molecule has 168 valence electrons. The zero-order valence-corrected chi connectivity index (χ0v) is 18.6. The van der Waals surface area contributed by atoms with Crippen molar-refractivity contribution in [2.45, 2.75) is 35.7 Å². The van der Waals surface area contributed by atoms with Crippen molar-refractivity contribution in [1.82, 2.24) is 25.2 Å². The van der Waals surface area contributed by atoms with E-state index in [1.54, 1.807) is 0 Å². The Morgan fingerprint density at radius 2 is 1.59 bits per heavy atom. The Hall–Kier alpha value is -2.45. The maximum Gasteiger partial charge on any atom is 0.416 e. The molecule has 0 aliphatic rings. The Morgan fingerprint density at radius 1 is 0.938 bits per heavy atom. The predicted octanol–water partition coefficient (Wildman–Crippen LogP) is 6.65. The van der Waals surface area contributed by atoms with Crippen molar-refractivity contribution in [2.75, 3.05) is 0 Å². The van der Waals surface area contributed by atoms with Crippen LogP contribution in [0.1, 0.15) is 21.6 Å². The standard InChI is InChI=1S/C18H11F6N5S3/c1-8-3-14(31-9(8)2)29-15(26-27-28-29)32-16-25-13(7-30-16)10-4-11(17(19,20)21)6-12(5-10)18(22,23)24/h3-7H,1-2H3. The Balaban J connectivity index is 1.67. The summed E-state index contributed by atoms with van der Waals surface area (Å²) in [6, 6.07) is 3.31. The number of halogens is 6. The Labute approximate surface area is 189 Å². The molecule has 0 saturated carbocycles. The number of aromatic nitrogens is 5. The van der Waals surface area contributed by atoms with Crippen molar-refractivity contribution in [2.24, 2.45) is 0 Å². The van der Waals surface area contributed by atoms with Crippen LogP contribution in [0.15, 0.2) is 39.1 Å². The molecule has 0 spiro atoms. The second-order valence-electron chi connectivity index (χ2n) is 6.59. The summed E-state index contributed by atoms with van der Waals surface area (Å²) < 4.78 is 80.7. The number of hydrogen-bond acceptors (Lipinski definition) is 7. The first kappa shape index (κ1) is 22.7. The van der Waals surface area contributed by atoms with Gasteiger partial charge in [-0.05, 0) is 65.9 Å². The number of thiazole rings is 1. The van der Waals surface area contributed by atoms with E-state index in [1.165, 1.54) is 21.4 Å². The molecule has 3 heterocycles. The van der Waals surface area contributed by atoms with Crippen LogP contribution in [-0.2, 0) is 12.4 Å². The third kappa shape index (κ3) is 4.66. The first-order chi connectivity index (χ1) is 14.9. The highest BCUT2D eigenvalue weighted by Crippen LogP contribution is 2.40. The van der Waals surface area contributed by atoms with Crippen LogP contribution in [0.3, 0.4) is 0 Å². The lowest BCUT2D eigenvalue weighted by atomic mass is 10.0. The number of hydrogen-bond donors (Lipinski definition) is 0. The number of alkyl halides is 6. The molecule has 4 rings (SSSR count). The number of benzene rings is 1. The van der Waals surface area contributed by atoms with Crippen LogP contribution in [0.5, 0.6) is 0 Å². The fraction of sp³-hybridized carbons (Fsp3) is 0.222. The van der Waals surface area contributed by atoms with Crippen molar-refractivity contribution >= 4 is 34.4 Å². The average molecular weight is 508 g/mol. The zero-order chi connectivity index (χ0) is 23.3. The number of thiophene rings is 1. The molecule has 14 heteroatoms. The Kier molecular flexibility index (Phi) is 5.79. The smallest absolute Gasteiger partial charge is 0.229 e. The molecule has 1 aromatic carbocycles. The number of rotatable bonds is 4. The second kappa shape index (κ2) is 8.15. The normalized spacial score (nSPS) is 12.5. The summed E-state index contributed by atoms with van der Waals surface area (Å²) in [4.78, 5) is 5.29. The van der Waals surface area contributed by atoms with Gasteiger partial charge in [0.25, 0.3) is 0 Å². The first-order valence-electron chi connectivity index (χ1n) is 8.71. The van der Waals surface area contributed by atoms with Crippen LogP contribution in [0.2, 0.25) is 0 Å². The first-order valence-corrected chi connectivity index (χ1v) is 11.2. The molecular formula is C18H11F6N5S3. The summed E-state index contributed by atoms with van der Waals surface area (Å²) in [7, 11) is 0. The van der Waals surface area contributed by atoms with Gasteiger partial charge in [-0.3, -0.25) is 0 Å². The molecule has 0 unspecified atom stereocenters. The molecule has 0 atom stereocenters. The summed E-state index contributed by atoms with van der Waals surface area (Å²) in [5.41, 5.74) is -2.00. The van der Waals surface area contributed by atoms with Crippen molar-refractivity contribution < 1.29 is 26.3 Å². The van der Waals surface area contributed by atoms with Crippen LogP contribution >= 0.6 is 34.4 Å². The van der Waals surface area contributed by atoms with Gasteiger partial charge in [0, 0.05) is 15.8 Å². The summed E-state index contributed by atoms with van der Waals surface area (Å²) >= 11 is 3.61. The van der Waals surface area contributed by atoms with Gasteiger partial charge in [0.15, 0.2) is 4.34 Å². The molecule has 0 saturated heterocycles. The van der Waals surface area contributed by atoms with E-state index >= 15 is 0 Å². The van der Waals surface area contributed by atoms with Crippen LogP contribution < -0.4 is 0 Å². The van der Waals surface area contributed by atoms with E-state index in [-0.39, 0.29) is 17.3 Å². The average Bonchev–Trinajstić information content (AvgIpc) is 3.42. The quantitative estimate of drug-likeness (QED) is 0.290. The van der Waals surface area contributed by atoms with Gasteiger partial charge in [0.1, 0.15) is 5.00 Å². The summed E-state index contributed by atoms with van der Waals surface area (Å²) in [6.45, 7) is 3.90. The predicted molar refractivity (Wildman–Crippen MR) is 108 cm³/mol. The van der Waals surface area contributed by atoms with E-state index < -0.39 is 23.5 Å². The molecule has 0 N–H and O–H groups in total. The molecule has 5 nitrogen and oxygen atoms in total. The van der Waals surface area contributed by atoms with Gasteiger partial charge in [-0.2, -0.15) is 31.0 Å². The highest BCUT2D eigenvalue weighted by Gasteiger charge is 2.37. The van der Waals surface area contributed by atoms with E-state index in [0.717, 1.165) is 38.5 Å². The molecule has 0 bridgehead atoms. The lowest BCUT2D eigenvalue weighted by molar-refractivity contribution is -0.143. The number of aryl methyl sites for hydroxylation is 2. The summed E-state index contributed by atoms with van der Waals surface area (Å²) in [5, 5.41) is 14.1. The molecule has 4 aromatic rings. The van der Waals surface area contributed by atoms with Crippen molar-refractivity contribution in [3.63, 3.8) is 0 Å². The minimum atomic E-state index is -4.93. The molecule has 0 radical (unpaired) electrons. The third-order valence-corrected chi connectivity index (χ3v) is 7.35. The van der Waals surface area contributed by atoms with Gasteiger partial charge in [-0.1, -0.05) is 0 Å². The molecule has 0 fully saturated rings. The Morgan fingerprint density at radius 3 is 2.16 bits per heavy atom. The van der Waals surface area contributed by atoms with E-state index in [1.807, 2.05) is 19.9 Å². The zero-order valence-electron chi connectivity index (χ0n) is 16.1.